The van der Waals surface area contributed by atoms with Gasteiger partial charge in [-0.1, -0.05) is 24.3 Å². The Kier molecular flexibility index (Phi) is 2.60. The summed E-state index contributed by atoms with van der Waals surface area (Å²) in [6, 6.07) is 8.93. The Labute approximate surface area is 92.0 Å². The van der Waals surface area contributed by atoms with E-state index in [4.69, 9.17) is 0 Å². The minimum Gasteiger partial charge on any atom is -0.505 e. The molecule has 2 aromatic carbocycles. The van der Waals surface area contributed by atoms with Crippen molar-refractivity contribution in [2.24, 2.45) is 0 Å². The molecule has 0 heterocycles. The molecule has 0 saturated carbocycles. The van der Waals surface area contributed by atoms with Crippen molar-refractivity contribution >= 4 is 0 Å². The van der Waals surface area contributed by atoms with Crippen molar-refractivity contribution in [3.63, 3.8) is 0 Å². The summed E-state index contributed by atoms with van der Waals surface area (Å²) < 4.78 is 27.2. The van der Waals surface area contributed by atoms with Crippen LogP contribution >= 0.6 is 0 Å². The molecule has 2 aromatic rings. The summed E-state index contributed by atoms with van der Waals surface area (Å²) in [5, 5.41) is 9.24. The molecule has 0 unspecified atom stereocenters. The number of aromatic hydroxyl groups is 1. The van der Waals surface area contributed by atoms with Crippen LogP contribution in [0.25, 0.3) is 11.1 Å². The minimum absolute atomic E-state index is 0.182. The van der Waals surface area contributed by atoms with Crippen LogP contribution < -0.4 is 0 Å². The van der Waals surface area contributed by atoms with Gasteiger partial charge in [0.2, 0.25) is 0 Å². The minimum atomic E-state index is -0.922. The fourth-order valence-electron chi connectivity index (χ4n) is 1.64. The van der Waals surface area contributed by atoms with Gasteiger partial charge in [-0.25, -0.2) is 8.78 Å². The van der Waals surface area contributed by atoms with Crippen LogP contribution in [0, 0.1) is 18.6 Å². The van der Waals surface area contributed by atoms with Crippen LogP contribution in [0.5, 0.6) is 5.75 Å². The van der Waals surface area contributed by atoms with Gasteiger partial charge >= 0.3 is 0 Å². The maximum atomic E-state index is 13.6. The van der Waals surface area contributed by atoms with Crippen molar-refractivity contribution in [3.05, 3.63) is 53.6 Å². The monoisotopic (exact) mass is 220 g/mol. The molecule has 16 heavy (non-hydrogen) atoms. The van der Waals surface area contributed by atoms with Gasteiger partial charge in [0.15, 0.2) is 11.6 Å². The van der Waals surface area contributed by atoms with Crippen molar-refractivity contribution < 1.29 is 13.9 Å². The second-order valence-corrected chi connectivity index (χ2v) is 3.57. The maximum absolute atomic E-state index is 13.6. The molecule has 82 valence electrons. The van der Waals surface area contributed by atoms with Crippen LogP contribution in [0.4, 0.5) is 8.78 Å². The highest BCUT2D eigenvalue weighted by molar-refractivity contribution is 5.69. The van der Waals surface area contributed by atoms with Gasteiger partial charge < -0.3 is 5.11 Å². The molecule has 0 bridgehead atoms. The summed E-state index contributed by atoms with van der Waals surface area (Å²) in [6.45, 7) is 1.76. The van der Waals surface area contributed by atoms with E-state index in [0.29, 0.717) is 5.56 Å². The summed E-state index contributed by atoms with van der Waals surface area (Å²) in [6.07, 6.45) is 0. The van der Waals surface area contributed by atoms with E-state index in [9.17, 15) is 13.9 Å². The number of aryl methyl sites for hydroxylation is 1. The Morgan fingerprint density at radius 2 is 1.69 bits per heavy atom. The fraction of sp³-hybridized carbons (Fsp3) is 0.0769. The number of phenols is 1. The second kappa shape index (κ2) is 3.93. The van der Waals surface area contributed by atoms with E-state index in [1.807, 2.05) is 0 Å². The van der Waals surface area contributed by atoms with Gasteiger partial charge in [-0.3, -0.25) is 0 Å². The van der Waals surface area contributed by atoms with E-state index in [2.05, 4.69) is 0 Å². The molecular formula is C13H10F2O. The third-order valence-corrected chi connectivity index (χ3v) is 2.49. The number of benzene rings is 2. The third-order valence-electron chi connectivity index (χ3n) is 2.49. The molecule has 0 radical (unpaired) electrons. The number of hydrogen-bond acceptors (Lipinski definition) is 1. The quantitative estimate of drug-likeness (QED) is 0.777. The van der Waals surface area contributed by atoms with Gasteiger partial charge in [-0.2, -0.15) is 0 Å². The first-order valence-corrected chi connectivity index (χ1v) is 4.84. The summed E-state index contributed by atoms with van der Waals surface area (Å²) >= 11 is 0. The number of rotatable bonds is 1. The molecule has 0 aromatic heterocycles. The average Bonchev–Trinajstić information content (AvgIpc) is 2.27. The van der Waals surface area contributed by atoms with Crippen LogP contribution in [0.1, 0.15) is 5.56 Å². The summed E-state index contributed by atoms with van der Waals surface area (Å²) in [5.41, 5.74) is 1.03. The third kappa shape index (κ3) is 1.65. The Bertz CT molecular complexity index is 535. The summed E-state index contributed by atoms with van der Waals surface area (Å²) in [5.74, 6) is -2.14. The first-order valence-electron chi connectivity index (χ1n) is 4.84. The van der Waals surface area contributed by atoms with Gasteiger partial charge in [0, 0.05) is 0 Å². The molecule has 3 heteroatoms. The van der Waals surface area contributed by atoms with Crippen molar-refractivity contribution in [2.45, 2.75) is 6.92 Å². The van der Waals surface area contributed by atoms with Gasteiger partial charge in [0.1, 0.15) is 5.82 Å². The van der Waals surface area contributed by atoms with Crippen LogP contribution in [0.3, 0.4) is 0 Å². The highest BCUT2D eigenvalue weighted by Gasteiger charge is 2.16. The lowest BCUT2D eigenvalue weighted by atomic mass is 9.99. The predicted molar refractivity (Wildman–Crippen MR) is 58.2 cm³/mol. The van der Waals surface area contributed by atoms with E-state index in [1.165, 1.54) is 0 Å². The normalized spacial score (nSPS) is 10.4. The second-order valence-electron chi connectivity index (χ2n) is 3.57. The molecule has 0 aliphatic carbocycles. The molecule has 0 spiro atoms. The van der Waals surface area contributed by atoms with E-state index < -0.39 is 17.4 Å². The topological polar surface area (TPSA) is 20.2 Å². The van der Waals surface area contributed by atoms with E-state index >= 15 is 0 Å². The zero-order valence-electron chi connectivity index (χ0n) is 8.67. The van der Waals surface area contributed by atoms with Crippen molar-refractivity contribution in [1.82, 2.24) is 0 Å². The number of phenolic OH excluding ortho intramolecular Hbond substituents is 1. The highest BCUT2D eigenvalue weighted by atomic mass is 19.1. The molecule has 0 fully saturated rings. The van der Waals surface area contributed by atoms with E-state index in [1.54, 1.807) is 31.2 Å². The lowest BCUT2D eigenvalue weighted by molar-refractivity contribution is 0.429. The number of hydrogen-bond donors (Lipinski definition) is 1. The summed E-state index contributed by atoms with van der Waals surface area (Å²) in [4.78, 5) is 0. The summed E-state index contributed by atoms with van der Waals surface area (Å²) in [7, 11) is 0. The van der Waals surface area contributed by atoms with Crippen LogP contribution in [-0.2, 0) is 0 Å². The molecule has 0 atom stereocenters. The van der Waals surface area contributed by atoms with Crippen LogP contribution in [-0.4, -0.2) is 5.11 Å². The first kappa shape index (κ1) is 10.6. The predicted octanol–water partition coefficient (Wildman–Crippen LogP) is 3.65. The molecule has 2 rings (SSSR count). The Morgan fingerprint density at radius 3 is 2.38 bits per heavy atom. The Morgan fingerprint density at radius 1 is 1.00 bits per heavy atom. The van der Waals surface area contributed by atoms with Crippen LogP contribution in [0.15, 0.2) is 36.4 Å². The SMILES string of the molecule is Cc1ccccc1-c1c(F)ccc(O)c1F. The highest BCUT2D eigenvalue weighted by Crippen LogP contribution is 2.32. The molecule has 0 saturated heterocycles. The Balaban J connectivity index is 2.74. The zero-order valence-corrected chi connectivity index (χ0v) is 8.67. The standard InChI is InChI=1S/C13H10F2O/c1-8-4-2-3-5-9(8)12-10(14)6-7-11(16)13(12)15/h2-7,16H,1H3. The van der Waals surface area contributed by atoms with Crippen molar-refractivity contribution in [3.8, 4) is 16.9 Å². The molecule has 1 N–H and O–H groups in total. The lowest BCUT2D eigenvalue weighted by Gasteiger charge is -2.09. The van der Waals surface area contributed by atoms with Crippen molar-refractivity contribution in [1.29, 1.82) is 0 Å². The largest absolute Gasteiger partial charge is 0.505 e. The maximum Gasteiger partial charge on any atom is 0.175 e. The van der Waals surface area contributed by atoms with Gasteiger partial charge in [-0.15, -0.1) is 0 Å². The zero-order chi connectivity index (χ0) is 11.7. The lowest BCUT2D eigenvalue weighted by Crippen LogP contribution is -1.92. The molecule has 0 amide bonds. The van der Waals surface area contributed by atoms with Gasteiger partial charge in [0.05, 0.1) is 5.56 Å². The number of halogens is 2. The first-order chi connectivity index (χ1) is 7.61. The average molecular weight is 220 g/mol. The molecular weight excluding hydrogens is 210 g/mol. The Hall–Kier alpha value is -1.90. The molecule has 0 aliphatic rings. The van der Waals surface area contributed by atoms with Gasteiger partial charge in [-0.05, 0) is 30.2 Å². The fourth-order valence-corrected chi connectivity index (χ4v) is 1.64. The van der Waals surface area contributed by atoms with E-state index in [0.717, 1.165) is 17.7 Å². The molecule has 1 nitrogen and oxygen atoms in total. The van der Waals surface area contributed by atoms with E-state index in [-0.39, 0.29) is 5.56 Å². The van der Waals surface area contributed by atoms with Crippen molar-refractivity contribution in [2.75, 3.05) is 0 Å². The van der Waals surface area contributed by atoms with Crippen LogP contribution in [0.2, 0.25) is 0 Å². The molecule has 0 aliphatic heterocycles. The van der Waals surface area contributed by atoms with Gasteiger partial charge in [0.25, 0.3) is 0 Å². The smallest absolute Gasteiger partial charge is 0.175 e.